The number of primary amides is 1. The number of nitrogens with zero attached hydrogens (tertiary/aromatic N) is 1. The average Bonchev–Trinajstić information content (AvgIpc) is 3.11. The number of hydrogen-bond acceptors (Lipinski definition) is 6. The van der Waals surface area contributed by atoms with E-state index in [0.717, 1.165) is 54.0 Å². The van der Waals surface area contributed by atoms with E-state index in [2.05, 4.69) is 15.6 Å². The lowest BCUT2D eigenvalue weighted by molar-refractivity contribution is -0.192. The van der Waals surface area contributed by atoms with E-state index in [1.165, 1.54) is 0 Å². The molecule has 16 heteroatoms. The Labute approximate surface area is 305 Å². The van der Waals surface area contributed by atoms with Gasteiger partial charge in [0.05, 0.1) is 0 Å². The third kappa shape index (κ3) is 13.8. The Balaban J connectivity index is 0.000000980. The fourth-order valence-electron chi connectivity index (χ4n) is 6.24. The monoisotopic (exact) mass is 740 g/mol. The summed E-state index contributed by atoms with van der Waals surface area (Å²) in [7, 11) is 0. The van der Waals surface area contributed by atoms with Gasteiger partial charge in [-0.3, -0.25) is 24.8 Å². The quantitative estimate of drug-likeness (QED) is 0.0651. The van der Waals surface area contributed by atoms with Crippen LogP contribution in [-0.4, -0.2) is 65.4 Å². The molecule has 12 N–H and O–H groups in total. The van der Waals surface area contributed by atoms with Crippen molar-refractivity contribution in [3.63, 3.8) is 0 Å². The summed E-state index contributed by atoms with van der Waals surface area (Å²) >= 11 is 0. The van der Waals surface area contributed by atoms with E-state index >= 15 is 0 Å². The molecule has 1 fully saturated rings. The second kappa shape index (κ2) is 19.8. The molecule has 0 aromatic heterocycles. The number of carbonyl (C=O) groups is 4. The summed E-state index contributed by atoms with van der Waals surface area (Å²) in [4.78, 5) is 53.1. The number of amidine groups is 1. The van der Waals surface area contributed by atoms with Crippen LogP contribution in [-0.2, 0) is 32.0 Å². The SMILES string of the molecule is N=C(N)c1ccc(CC(C(=O)N[C@@H](Cc2ccc3ccccc3c2)C(=O)N[C@@H](CCCN=C(N)N)C(N)=O)C2CCCCC2)cc1.O=C(O)C(F)(F)F. The van der Waals surface area contributed by atoms with Crippen molar-refractivity contribution in [1.82, 2.24) is 10.6 Å². The third-order valence-corrected chi connectivity index (χ3v) is 9.01. The molecular formula is C37H47F3N8O5. The fourth-order valence-corrected chi connectivity index (χ4v) is 6.24. The number of nitrogen functional groups attached to an aromatic ring is 1. The lowest BCUT2D eigenvalue weighted by atomic mass is 9.76. The molecule has 1 saturated carbocycles. The normalized spacial score (nSPS) is 14.8. The van der Waals surface area contributed by atoms with Crippen LogP contribution in [0.25, 0.3) is 10.8 Å². The van der Waals surface area contributed by atoms with Crippen LogP contribution in [0.4, 0.5) is 13.2 Å². The van der Waals surface area contributed by atoms with Gasteiger partial charge in [0.25, 0.3) is 0 Å². The van der Waals surface area contributed by atoms with Gasteiger partial charge in [-0.15, -0.1) is 0 Å². The number of guanidine groups is 1. The van der Waals surface area contributed by atoms with E-state index in [1.54, 1.807) is 12.1 Å². The Hall–Kier alpha value is -5.67. The zero-order chi connectivity index (χ0) is 39.1. The summed E-state index contributed by atoms with van der Waals surface area (Å²) in [6, 6.07) is 19.4. The van der Waals surface area contributed by atoms with Gasteiger partial charge in [0.2, 0.25) is 17.7 Å². The molecule has 4 rings (SSSR count). The van der Waals surface area contributed by atoms with E-state index < -0.39 is 36.0 Å². The van der Waals surface area contributed by atoms with Gasteiger partial charge in [0.15, 0.2) is 5.96 Å². The zero-order valence-electron chi connectivity index (χ0n) is 29.2. The molecule has 3 aromatic rings. The molecular weight excluding hydrogens is 693 g/mol. The van der Waals surface area contributed by atoms with Crippen molar-refractivity contribution >= 4 is 46.3 Å². The third-order valence-electron chi connectivity index (χ3n) is 9.01. The number of aliphatic imine (C=N–C) groups is 1. The van der Waals surface area contributed by atoms with Crippen LogP contribution in [0.5, 0.6) is 0 Å². The molecule has 0 saturated heterocycles. The highest BCUT2D eigenvalue weighted by Crippen LogP contribution is 2.32. The van der Waals surface area contributed by atoms with Crippen molar-refractivity contribution in [3.8, 4) is 0 Å². The number of fused-ring (bicyclic) bond motifs is 1. The predicted molar refractivity (Wildman–Crippen MR) is 196 cm³/mol. The molecule has 3 atom stereocenters. The smallest absolute Gasteiger partial charge is 0.475 e. The zero-order valence-corrected chi connectivity index (χ0v) is 29.2. The Bertz CT molecular complexity index is 1760. The molecule has 286 valence electrons. The lowest BCUT2D eigenvalue weighted by Gasteiger charge is -2.31. The molecule has 0 bridgehead atoms. The second-order valence-corrected chi connectivity index (χ2v) is 13.0. The molecule has 0 spiro atoms. The van der Waals surface area contributed by atoms with E-state index in [0.29, 0.717) is 18.4 Å². The summed E-state index contributed by atoms with van der Waals surface area (Å²) in [5, 5.41) is 22.8. The summed E-state index contributed by atoms with van der Waals surface area (Å²) in [5.74, 6) is -4.38. The van der Waals surface area contributed by atoms with E-state index in [9.17, 15) is 27.6 Å². The van der Waals surface area contributed by atoms with Crippen LogP contribution in [0.3, 0.4) is 0 Å². The number of carboxylic acids is 1. The van der Waals surface area contributed by atoms with Gasteiger partial charge >= 0.3 is 12.1 Å². The number of carbonyl (C=O) groups excluding carboxylic acids is 3. The fraction of sp³-hybridized carbons (Fsp3) is 0.405. The number of nitrogens with two attached hydrogens (primary N) is 4. The van der Waals surface area contributed by atoms with Crippen molar-refractivity contribution in [2.24, 2.45) is 39.8 Å². The first kappa shape index (κ1) is 41.7. The van der Waals surface area contributed by atoms with Crippen molar-refractivity contribution in [2.45, 2.75) is 76.0 Å². The number of rotatable bonds is 15. The van der Waals surface area contributed by atoms with Crippen molar-refractivity contribution in [2.75, 3.05) is 6.54 Å². The number of halogens is 3. The molecule has 1 aliphatic carbocycles. The van der Waals surface area contributed by atoms with Gasteiger partial charge in [0.1, 0.15) is 17.9 Å². The van der Waals surface area contributed by atoms with Crippen molar-refractivity contribution in [1.29, 1.82) is 5.41 Å². The summed E-state index contributed by atoms with van der Waals surface area (Å²) in [6.45, 7) is 0.287. The summed E-state index contributed by atoms with van der Waals surface area (Å²) in [6.07, 6.45) is 1.44. The van der Waals surface area contributed by atoms with E-state index in [-0.39, 0.29) is 48.9 Å². The van der Waals surface area contributed by atoms with Gasteiger partial charge in [0, 0.05) is 24.4 Å². The number of hydrogen-bond donors (Lipinski definition) is 8. The molecule has 0 radical (unpaired) electrons. The molecule has 3 aromatic carbocycles. The number of aliphatic carboxylic acids is 1. The Morgan fingerprint density at radius 3 is 1.96 bits per heavy atom. The van der Waals surface area contributed by atoms with Crippen LogP contribution in [0.2, 0.25) is 0 Å². The lowest BCUT2D eigenvalue weighted by Crippen LogP contribution is -2.55. The minimum absolute atomic E-state index is 0.0128. The number of amides is 3. The first-order valence-corrected chi connectivity index (χ1v) is 17.2. The van der Waals surface area contributed by atoms with Gasteiger partial charge in [-0.05, 0) is 59.9 Å². The van der Waals surface area contributed by atoms with Gasteiger partial charge in [-0.2, -0.15) is 13.2 Å². The molecule has 0 aliphatic heterocycles. The van der Waals surface area contributed by atoms with E-state index in [4.69, 9.17) is 38.2 Å². The van der Waals surface area contributed by atoms with Crippen LogP contribution in [0, 0.1) is 17.2 Å². The minimum atomic E-state index is -5.08. The molecule has 3 amide bonds. The van der Waals surface area contributed by atoms with Gasteiger partial charge in [-0.25, -0.2) is 4.79 Å². The molecule has 53 heavy (non-hydrogen) atoms. The summed E-state index contributed by atoms with van der Waals surface area (Å²) in [5.41, 5.74) is 24.6. The van der Waals surface area contributed by atoms with E-state index in [1.807, 2.05) is 54.6 Å². The standard InChI is InChI=1S/C35H46N8O3.C2HF3O2/c36-31(37)26-16-12-22(13-17-26)20-28(25-8-2-1-3-9-25)33(45)43-30(21-23-14-15-24-7-4-5-10-27(24)19-23)34(46)42-29(32(38)44)11-6-18-41-35(39)40;3-2(4,5)1(6)7/h4-5,7,10,12-17,19,25,28-30H,1-3,6,8-9,11,18,20-21H2,(H3,36,37)(H2,38,44)(H,42,46)(H,43,45)(H4,39,40,41);(H,6,7)/t28?,29-,30-;/m0./s1. The van der Waals surface area contributed by atoms with Crippen LogP contribution in [0.1, 0.15) is 61.6 Å². The summed E-state index contributed by atoms with van der Waals surface area (Å²) < 4.78 is 31.7. The first-order valence-electron chi connectivity index (χ1n) is 17.2. The second-order valence-electron chi connectivity index (χ2n) is 13.0. The Morgan fingerprint density at radius 2 is 1.40 bits per heavy atom. The number of alkyl halides is 3. The van der Waals surface area contributed by atoms with Gasteiger partial charge in [-0.1, -0.05) is 86.0 Å². The highest BCUT2D eigenvalue weighted by atomic mass is 19.4. The molecule has 1 unspecified atom stereocenters. The highest BCUT2D eigenvalue weighted by Gasteiger charge is 2.38. The first-order chi connectivity index (χ1) is 25.0. The number of benzene rings is 3. The molecule has 1 aliphatic rings. The average molecular weight is 741 g/mol. The maximum absolute atomic E-state index is 14.2. The molecule has 13 nitrogen and oxygen atoms in total. The Kier molecular flexibility index (Phi) is 15.6. The maximum atomic E-state index is 14.2. The number of nitrogens with one attached hydrogen (secondary N) is 3. The highest BCUT2D eigenvalue weighted by molar-refractivity contribution is 5.95. The van der Waals surface area contributed by atoms with Crippen LogP contribution >= 0.6 is 0 Å². The topological polar surface area (TPSA) is 253 Å². The molecule has 0 heterocycles. The number of carboxylic acid groups (broad SMARTS) is 1. The predicted octanol–water partition coefficient (Wildman–Crippen LogP) is 3.25. The van der Waals surface area contributed by atoms with Crippen molar-refractivity contribution < 1.29 is 37.5 Å². The van der Waals surface area contributed by atoms with Gasteiger partial charge < -0.3 is 38.7 Å². The maximum Gasteiger partial charge on any atom is 0.490 e. The van der Waals surface area contributed by atoms with Crippen LogP contribution in [0.15, 0.2) is 71.7 Å². The largest absolute Gasteiger partial charge is 0.490 e. The van der Waals surface area contributed by atoms with Crippen molar-refractivity contribution in [3.05, 3.63) is 83.4 Å². The van der Waals surface area contributed by atoms with Crippen LogP contribution < -0.4 is 33.6 Å². The Morgan fingerprint density at radius 1 is 0.811 bits per heavy atom. The minimum Gasteiger partial charge on any atom is -0.475 e.